The molecule has 0 aromatic carbocycles. The maximum Gasteiger partial charge on any atom is 0.235 e. The first kappa shape index (κ1) is 15.5. The highest BCUT2D eigenvalue weighted by Crippen LogP contribution is 2.46. The van der Waals surface area contributed by atoms with E-state index in [-0.39, 0.29) is 11.8 Å². The third-order valence-electron chi connectivity index (χ3n) is 3.83. The predicted molar refractivity (Wildman–Crippen MR) is 80.2 cm³/mol. The Kier molecular flexibility index (Phi) is 4.94. The van der Waals surface area contributed by atoms with Crippen molar-refractivity contribution in [1.29, 1.82) is 0 Å². The molecule has 0 radical (unpaired) electrons. The number of carbonyl (C=O) groups excluding carboxylic acids is 2. The van der Waals surface area contributed by atoms with Crippen LogP contribution >= 0.6 is 0 Å². The summed E-state index contributed by atoms with van der Waals surface area (Å²) in [7, 11) is 0. The molecule has 1 aromatic heterocycles. The zero-order chi connectivity index (χ0) is 15.3. The largest absolute Gasteiger partial charge is 0.355 e. The number of nitrogens with zero attached hydrogens (tertiary/aromatic N) is 1. The third-order valence-corrected chi connectivity index (χ3v) is 3.83. The molecule has 0 bridgehead atoms. The van der Waals surface area contributed by atoms with Crippen LogP contribution in [-0.4, -0.2) is 23.3 Å². The topological polar surface area (TPSA) is 71.1 Å². The monoisotopic (exact) mass is 289 g/mol. The summed E-state index contributed by atoms with van der Waals surface area (Å²) in [6.45, 7) is 5.29. The summed E-state index contributed by atoms with van der Waals surface area (Å²) < 4.78 is 0. The number of carbonyl (C=O) groups is 2. The lowest BCUT2D eigenvalue weighted by molar-refractivity contribution is -0.137. The molecule has 2 amide bonds. The Balaban J connectivity index is 1.82. The average Bonchev–Trinajstić information content (AvgIpc) is 3.27. The van der Waals surface area contributed by atoms with Gasteiger partial charge in [0.15, 0.2) is 0 Å². The second kappa shape index (κ2) is 6.70. The first-order valence-corrected chi connectivity index (χ1v) is 7.50. The van der Waals surface area contributed by atoms with E-state index in [0.717, 1.165) is 12.0 Å². The SMILES string of the molecule is CC(C)CCNC(=O)C1(C(=O)NCc2ccncc2)CC1. The molecule has 2 rings (SSSR count). The maximum atomic E-state index is 12.3. The lowest BCUT2D eigenvalue weighted by Crippen LogP contribution is -2.43. The highest BCUT2D eigenvalue weighted by atomic mass is 16.2. The molecule has 5 nitrogen and oxygen atoms in total. The van der Waals surface area contributed by atoms with Crippen molar-refractivity contribution < 1.29 is 9.59 Å². The molecule has 21 heavy (non-hydrogen) atoms. The Morgan fingerprint density at radius 2 is 1.81 bits per heavy atom. The molecule has 0 aliphatic heterocycles. The van der Waals surface area contributed by atoms with Crippen molar-refractivity contribution in [2.24, 2.45) is 11.3 Å². The lowest BCUT2D eigenvalue weighted by atomic mass is 10.0. The van der Waals surface area contributed by atoms with Gasteiger partial charge in [-0.3, -0.25) is 14.6 Å². The molecule has 1 fully saturated rings. The number of hydrogen-bond acceptors (Lipinski definition) is 3. The van der Waals surface area contributed by atoms with E-state index in [9.17, 15) is 9.59 Å². The number of nitrogens with one attached hydrogen (secondary N) is 2. The summed E-state index contributed by atoms with van der Waals surface area (Å²) in [5.41, 5.74) is 0.152. The van der Waals surface area contributed by atoms with Crippen LogP contribution in [0.5, 0.6) is 0 Å². The standard InChI is InChI=1S/C16H23N3O2/c1-12(2)3-10-18-14(20)16(6-7-16)15(21)19-11-13-4-8-17-9-5-13/h4-5,8-9,12H,3,6-7,10-11H2,1-2H3,(H,18,20)(H,19,21). The predicted octanol–water partition coefficient (Wildman–Crippen LogP) is 1.64. The van der Waals surface area contributed by atoms with Crippen LogP contribution in [-0.2, 0) is 16.1 Å². The van der Waals surface area contributed by atoms with E-state index >= 15 is 0 Å². The Morgan fingerprint density at radius 1 is 1.19 bits per heavy atom. The van der Waals surface area contributed by atoms with Crippen molar-refractivity contribution >= 4 is 11.8 Å². The minimum Gasteiger partial charge on any atom is -0.355 e. The van der Waals surface area contributed by atoms with Gasteiger partial charge in [0, 0.05) is 25.5 Å². The van der Waals surface area contributed by atoms with Crippen LogP contribution in [0, 0.1) is 11.3 Å². The highest BCUT2D eigenvalue weighted by molar-refractivity contribution is 6.07. The van der Waals surface area contributed by atoms with Crippen LogP contribution in [0.3, 0.4) is 0 Å². The number of aromatic nitrogens is 1. The Bertz CT molecular complexity index is 496. The van der Waals surface area contributed by atoms with Gasteiger partial charge in [-0.25, -0.2) is 0 Å². The molecule has 1 saturated carbocycles. The second-order valence-electron chi connectivity index (χ2n) is 6.06. The van der Waals surface area contributed by atoms with Gasteiger partial charge in [0.25, 0.3) is 0 Å². The van der Waals surface area contributed by atoms with E-state index in [1.165, 1.54) is 0 Å². The number of rotatable bonds is 7. The summed E-state index contributed by atoms with van der Waals surface area (Å²) in [5, 5.41) is 5.74. The zero-order valence-electron chi connectivity index (χ0n) is 12.7. The molecule has 1 aliphatic carbocycles. The maximum absolute atomic E-state index is 12.3. The van der Waals surface area contributed by atoms with Crippen LogP contribution in [0.1, 0.15) is 38.7 Å². The van der Waals surface area contributed by atoms with Gasteiger partial charge >= 0.3 is 0 Å². The van der Waals surface area contributed by atoms with E-state index < -0.39 is 5.41 Å². The lowest BCUT2D eigenvalue weighted by Gasteiger charge is -2.16. The fourth-order valence-electron chi connectivity index (χ4n) is 2.18. The smallest absolute Gasteiger partial charge is 0.235 e. The van der Waals surface area contributed by atoms with Gasteiger partial charge in [-0.05, 0) is 42.9 Å². The van der Waals surface area contributed by atoms with Crippen molar-refractivity contribution in [3.8, 4) is 0 Å². The van der Waals surface area contributed by atoms with Gasteiger partial charge in [0.1, 0.15) is 5.41 Å². The summed E-state index contributed by atoms with van der Waals surface area (Å²) in [6.07, 6.45) is 5.59. The van der Waals surface area contributed by atoms with Gasteiger partial charge < -0.3 is 10.6 Å². The number of amides is 2. The molecule has 0 spiro atoms. The minimum atomic E-state index is -0.829. The summed E-state index contributed by atoms with van der Waals surface area (Å²) in [6, 6.07) is 3.70. The molecule has 1 aromatic rings. The molecule has 1 heterocycles. The fourth-order valence-corrected chi connectivity index (χ4v) is 2.18. The Hall–Kier alpha value is -1.91. The van der Waals surface area contributed by atoms with Crippen LogP contribution in [0.15, 0.2) is 24.5 Å². The van der Waals surface area contributed by atoms with Crippen molar-refractivity contribution in [3.63, 3.8) is 0 Å². The van der Waals surface area contributed by atoms with Gasteiger partial charge in [0.2, 0.25) is 11.8 Å². The first-order valence-electron chi connectivity index (χ1n) is 7.50. The van der Waals surface area contributed by atoms with Crippen LogP contribution < -0.4 is 10.6 Å². The Labute approximate surface area is 125 Å². The van der Waals surface area contributed by atoms with E-state index in [1.54, 1.807) is 12.4 Å². The molecular formula is C16H23N3O2. The number of hydrogen-bond donors (Lipinski definition) is 2. The summed E-state index contributed by atoms with van der Waals surface area (Å²) in [5.74, 6) is 0.248. The van der Waals surface area contributed by atoms with Crippen molar-refractivity contribution in [2.75, 3.05) is 6.54 Å². The quantitative estimate of drug-likeness (QED) is 0.750. The van der Waals surface area contributed by atoms with Crippen molar-refractivity contribution in [1.82, 2.24) is 15.6 Å². The average molecular weight is 289 g/mol. The zero-order valence-corrected chi connectivity index (χ0v) is 12.7. The molecule has 114 valence electrons. The molecule has 5 heteroatoms. The van der Waals surface area contributed by atoms with Crippen LogP contribution in [0.25, 0.3) is 0 Å². The van der Waals surface area contributed by atoms with Gasteiger partial charge in [0.05, 0.1) is 0 Å². The van der Waals surface area contributed by atoms with E-state index in [2.05, 4.69) is 29.5 Å². The first-order chi connectivity index (χ1) is 10.0. The third kappa shape index (κ3) is 4.03. The molecule has 0 saturated heterocycles. The summed E-state index contributed by atoms with van der Waals surface area (Å²) in [4.78, 5) is 28.4. The van der Waals surface area contributed by atoms with Gasteiger partial charge in [-0.15, -0.1) is 0 Å². The van der Waals surface area contributed by atoms with Crippen molar-refractivity contribution in [2.45, 2.75) is 39.7 Å². The second-order valence-corrected chi connectivity index (χ2v) is 6.06. The van der Waals surface area contributed by atoms with E-state index in [1.807, 2.05) is 12.1 Å². The molecule has 2 N–H and O–H groups in total. The summed E-state index contributed by atoms with van der Waals surface area (Å²) >= 11 is 0. The Morgan fingerprint density at radius 3 is 2.38 bits per heavy atom. The van der Waals surface area contributed by atoms with E-state index in [4.69, 9.17) is 0 Å². The van der Waals surface area contributed by atoms with Gasteiger partial charge in [-0.2, -0.15) is 0 Å². The van der Waals surface area contributed by atoms with Crippen LogP contribution in [0.2, 0.25) is 0 Å². The minimum absolute atomic E-state index is 0.129. The van der Waals surface area contributed by atoms with E-state index in [0.29, 0.717) is 31.8 Å². The molecule has 0 atom stereocenters. The number of pyridine rings is 1. The van der Waals surface area contributed by atoms with Gasteiger partial charge in [-0.1, -0.05) is 13.8 Å². The molecular weight excluding hydrogens is 266 g/mol. The highest BCUT2D eigenvalue weighted by Gasteiger charge is 2.56. The van der Waals surface area contributed by atoms with Crippen molar-refractivity contribution in [3.05, 3.63) is 30.1 Å². The van der Waals surface area contributed by atoms with Crippen LogP contribution in [0.4, 0.5) is 0 Å². The normalized spacial score (nSPS) is 15.6. The molecule has 0 unspecified atom stereocenters. The molecule has 1 aliphatic rings. The fraction of sp³-hybridized carbons (Fsp3) is 0.562.